The molecule has 1 aromatic carbocycles. The average molecular weight is 415 g/mol. The van der Waals surface area contributed by atoms with Crippen molar-refractivity contribution in [1.82, 2.24) is 19.2 Å². The number of carbonyl (C=O) groups is 1. The van der Waals surface area contributed by atoms with Gasteiger partial charge in [-0.1, -0.05) is 18.2 Å². The smallest absolute Gasteiger partial charge is 0.258 e. The van der Waals surface area contributed by atoms with Gasteiger partial charge in [0.15, 0.2) is 4.96 Å². The summed E-state index contributed by atoms with van der Waals surface area (Å²) in [6.07, 6.45) is 1.75. The third-order valence-corrected chi connectivity index (χ3v) is 6.83. The second kappa shape index (κ2) is 8.46. The van der Waals surface area contributed by atoms with Crippen LogP contribution >= 0.6 is 23.1 Å². The lowest BCUT2D eigenvalue weighted by Crippen LogP contribution is -2.49. The van der Waals surface area contributed by atoms with Gasteiger partial charge >= 0.3 is 0 Å². The van der Waals surface area contributed by atoms with Crippen molar-refractivity contribution in [2.45, 2.75) is 18.4 Å². The Kier molecular flexibility index (Phi) is 5.79. The van der Waals surface area contributed by atoms with Crippen molar-refractivity contribution in [2.75, 3.05) is 31.9 Å². The van der Waals surface area contributed by atoms with Crippen LogP contribution in [0, 0.1) is 6.92 Å². The largest absolute Gasteiger partial charge is 0.339 e. The van der Waals surface area contributed by atoms with Gasteiger partial charge < -0.3 is 4.90 Å². The van der Waals surface area contributed by atoms with E-state index in [2.05, 4.69) is 28.9 Å². The molecule has 0 bridgehead atoms. The summed E-state index contributed by atoms with van der Waals surface area (Å²) in [5.74, 6) is 0.655. The van der Waals surface area contributed by atoms with Crippen LogP contribution in [-0.2, 0) is 11.3 Å². The minimum atomic E-state index is -0.0386. The fraction of sp³-hybridized carbons (Fsp3) is 0.350. The molecular weight excluding hydrogens is 392 g/mol. The van der Waals surface area contributed by atoms with E-state index in [0.29, 0.717) is 25.4 Å². The Hall–Kier alpha value is -2.16. The average Bonchev–Trinajstić information content (AvgIpc) is 3.17. The van der Waals surface area contributed by atoms with Crippen molar-refractivity contribution >= 4 is 34.0 Å². The predicted molar refractivity (Wildman–Crippen MR) is 113 cm³/mol. The number of rotatable bonds is 5. The molecule has 1 aliphatic heterocycles. The first-order valence-electron chi connectivity index (χ1n) is 9.24. The number of hydrogen-bond donors (Lipinski definition) is 0. The van der Waals surface area contributed by atoms with Gasteiger partial charge in [-0.3, -0.25) is 18.9 Å². The molecule has 2 aromatic heterocycles. The van der Waals surface area contributed by atoms with Crippen LogP contribution in [0.15, 0.2) is 51.6 Å². The number of hydrogen-bond acceptors (Lipinski definition) is 6. The summed E-state index contributed by atoms with van der Waals surface area (Å²) in [6, 6.07) is 9.76. The van der Waals surface area contributed by atoms with Crippen molar-refractivity contribution in [3.05, 3.63) is 63.5 Å². The Morgan fingerprint density at radius 3 is 2.79 bits per heavy atom. The normalized spacial score (nSPS) is 15.2. The molecule has 3 aromatic rings. The van der Waals surface area contributed by atoms with Crippen LogP contribution in [0.4, 0.5) is 0 Å². The first kappa shape index (κ1) is 19.2. The van der Waals surface area contributed by atoms with E-state index in [1.807, 2.05) is 22.4 Å². The maximum Gasteiger partial charge on any atom is 0.258 e. The van der Waals surface area contributed by atoms with Gasteiger partial charge in [-0.05, 0) is 18.6 Å². The van der Waals surface area contributed by atoms with Crippen molar-refractivity contribution < 1.29 is 4.79 Å². The highest BCUT2D eigenvalue weighted by Crippen LogP contribution is 2.22. The van der Waals surface area contributed by atoms with E-state index in [0.717, 1.165) is 28.6 Å². The van der Waals surface area contributed by atoms with Crippen LogP contribution < -0.4 is 5.56 Å². The molecule has 0 N–H and O–H groups in total. The number of aromatic nitrogens is 2. The van der Waals surface area contributed by atoms with Gasteiger partial charge in [0.05, 0.1) is 11.4 Å². The van der Waals surface area contributed by atoms with Crippen LogP contribution in [0.5, 0.6) is 0 Å². The summed E-state index contributed by atoms with van der Waals surface area (Å²) >= 11 is 3.07. The van der Waals surface area contributed by atoms with E-state index in [-0.39, 0.29) is 11.5 Å². The number of thiazole rings is 1. The number of fused-ring (bicyclic) bond motifs is 1. The Balaban J connectivity index is 1.29. The third kappa shape index (κ3) is 4.29. The predicted octanol–water partition coefficient (Wildman–Crippen LogP) is 2.50. The summed E-state index contributed by atoms with van der Waals surface area (Å²) in [5, 5.41) is 1.87. The number of carbonyl (C=O) groups excluding carboxylic acids is 1. The fourth-order valence-corrected chi connectivity index (χ4v) is 4.97. The van der Waals surface area contributed by atoms with Crippen LogP contribution in [0.25, 0.3) is 4.96 Å². The zero-order chi connectivity index (χ0) is 19.5. The Bertz CT molecular complexity index is 1040. The van der Waals surface area contributed by atoms with Gasteiger partial charge in [0, 0.05) is 55.3 Å². The molecule has 3 heterocycles. The number of amides is 1. The lowest BCUT2D eigenvalue weighted by atomic mass is 10.2. The molecule has 1 aliphatic rings. The Labute approximate surface area is 171 Å². The molecule has 4 rings (SSSR count). The lowest BCUT2D eigenvalue weighted by Gasteiger charge is -2.34. The minimum absolute atomic E-state index is 0.0386. The van der Waals surface area contributed by atoms with E-state index in [1.165, 1.54) is 16.9 Å². The molecule has 1 amide bonds. The van der Waals surface area contributed by atoms with Gasteiger partial charge in [0.25, 0.3) is 5.56 Å². The van der Waals surface area contributed by atoms with Crippen molar-refractivity contribution in [2.24, 2.45) is 0 Å². The molecule has 146 valence electrons. The molecule has 1 saturated heterocycles. The molecule has 0 radical (unpaired) electrons. The zero-order valence-corrected chi connectivity index (χ0v) is 17.3. The maximum atomic E-state index is 12.5. The molecule has 28 heavy (non-hydrogen) atoms. The van der Waals surface area contributed by atoms with Crippen molar-refractivity contribution in [3.63, 3.8) is 0 Å². The van der Waals surface area contributed by atoms with Crippen LogP contribution in [0.3, 0.4) is 0 Å². The van der Waals surface area contributed by atoms with E-state index in [1.54, 1.807) is 28.4 Å². The highest BCUT2D eigenvalue weighted by Gasteiger charge is 2.21. The van der Waals surface area contributed by atoms with Gasteiger partial charge in [-0.15, -0.1) is 23.1 Å². The first-order valence-corrected chi connectivity index (χ1v) is 11.1. The number of nitrogens with zero attached hydrogens (tertiary/aromatic N) is 4. The molecule has 6 nitrogen and oxygen atoms in total. The highest BCUT2D eigenvalue weighted by molar-refractivity contribution is 8.00. The molecule has 0 aliphatic carbocycles. The number of benzene rings is 1. The maximum absolute atomic E-state index is 12.5. The van der Waals surface area contributed by atoms with E-state index in [9.17, 15) is 9.59 Å². The summed E-state index contributed by atoms with van der Waals surface area (Å²) in [6.45, 7) is 5.74. The fourth-order valence-electron chi connectivity index (χ4n) is 3.30. The topological polar surface area (TPSA) is 57.9 Å². The summed E-state index contributed by atoms with van der Waals surface area (Å²) in [4.78, 5) is 35.3. The second-order valence-electron chi connectivity index (χ2n) is 6.85. The molecule has 0 saturated carbocycles. The van der Waals surface area contributed by atoms with Crippen molar-refractivity contribution in [3.8, 4) is 0 Å². The Morgan fingerprint density at radius 1 is 1.21 bits per heavy atom. The van der Waals surface area contributed by atoms with Crippen LogP contribution in [0.2, 0.25) is 0 Å². The molecule has 0 atom stereocenters. The van der Waals surface area contributed by atoms with E-state index >= 15 is 0 Å². The summed E-state index contributed by atoms with van der Waals surface area (Å²) in [7, 11) is 0. The standard InChI is InChI=1S/C20H22N4O2S2/c1-15-4-2-3-5-17(15)28-14-19(26)23-8-6-22(7-9-23)13-16-12-18(25)24-10-11-27-20(24)21-16/h2-5,10-12H,6-9,13-14H2,1H3. The second-order valence-corrected chi connectivity index (χ2v) is 8.74. The lowest BCUT2D eigenvalue weighted by molar-refractivity contribution is -0.130. The number of thioether (sulfide) groups is 1. The molecule has 0 unspecified atom stereocenters. The molecule has 1 fully saturated rings. The summed E-state index contributed by atoms with van der Waals surface area (Å²) in [5.41, 5.74) is 1.96. The number of piperazine rings is 1. The van der Waals surface area contributed by atoms with Gasteiger partial charge in [0.1, 0.15) is 0 Å². The quantitative estimate of drug-likeness (QED) is 0.601. The van der Waals surface area contributed by atoms with E-state index < -0.39 is 0 Å². The SMILES string of the molecule is Cc1ccccc1SCC(=O)N1CCN(Cc2cc(=O)n3ccsc3n2)CC1. The third-order valence-electron chi connectivity index (χ3n) is 4.91. The monoisotopic (exact) mass is 414 g/mol. The van der Waals surface area contributed by atoms with Crippen LogP contribution in [0.1, 0.15) is 11.3 Å². The minimum Gasteiger partial charge on any atom is -0.339 e. The van der Waals surface area contributed by atoms with E-state index in [4.69, 9.17) is 0 Å². The molecule has 8 heteroatoms. The molecule has 0 spiro atoms. The van der Waals surface area contributed by atoms with Gasteiger partial charge in [-0.25, -0.2) is 4.98 Å². The Morgan fingerprint density at radius 2 is 2.00 bits per heavy atom. The first-order chi connectivity index (χ1) is 13.6. The van der Waals surface area contributed by atoms with Crippen molar-refractivity contribution in [1.29, 1.82) is 0 Å². The highest BCUT2D eigenvalue weighted by atomic mass is 32.2. The molecular formula is C20H22N4O2S2. The zero-order valence-electron chi connectivity index (χ0n) is 15.7. The van der Waals surface area contributed by atoms with Gasteiger partial charge in [-0.2, -0.15) is 0 Å². The van der Waals surface area contributed by atoms with Gasteiger partial charge in [0.2, 0.25) is 5.91 Å². The number of aryl methyl sites for hydroxylation is 1. The van der Waals surface area contributed by atoms with Crippen LogP contribution in [-0.4, -0.2) is 57.0 Å². The summed E-state index contributed by atoms with van der Waals surface area (Å²) < 4.78 is 1.57.